The van der Waals surface area contributed by atoms with E-state index in [0.29, 0.717) is 0 Å². The highest BCUT2D eigenvalue weighted by Gasteiger charge is 2.35. The number of phenolic OH excluding ortho intramolecular Hbond substituents is 2. The second kappa shape index (κ2) is 4.95. The van der Waals surface area contributed by atoms with Crippen LogP contribution in [0.5, 0.6) is 11.5 Å². The first kappa shape index (κ1) is 14.8. The summed E-state index contributed by atoms with van der Waals surface area (Å²) in [7, 11) is 1.15. The molecule has 0 unspecified atom stereocenters. The summed E-state index contributed by atoms with van der Waals surface area (Å²) in [5.74, 6) is -2.63. The highest BCUT2D eigenvalue weighted by atomic mass is 16.5. The van der Waals surface area contributed by atoms with Crippen molar-refractivity contribution in [1.29, 1.82) is 0 Å². The molecule has 2 N–H and O–H groups in total. The zero-order valence-electron chi connectivity index (χ0n) is 12.3. The van der Waals surface area contributed by atoms with Gasteiger partial charge < -0.3 is 14.9 Å². The molecule has 1 aliphatic carbocycles. The number of ketones is 2. The molecule has 0 aliphatic heterocycles. The van der Waals surface area contributed by atoms with Crippen LogP contribution in [0.4, 0.5) is 0 Å². The van der Waals surface area contributed by atoms with Gasteiger partial charge in [0.2, 0.25) is 0 Å². The molecule has 0 amide bonds. The Morgan fingerprint density at radius 3 is 2.35 bits per heavy atom. The van der Waals surface area contributed by atoms with Crippen LogP contribution in [0.3, 0.4) is 0 Å². The largest absolute Gasteiger partial charge is 0.507 e. The van der Waals surface area contributed by atoms with Gasteiger partial charge >= 0.3 is 5.97 Å². The first-order chi connectivity index (χ1) is 10.9. The summed E-state index contributed by atoms with van der Waals surface area (Å²) in [6.45, 7) is 1.45. The second-order valence-corrected chi connectivity index (χ2v) is 5.17. The van der Waals surface area contributed by atoms with Crippen LogP contribution in [-0.2, 0) is 4.74 Å². The zero-order chi connectivity index (χ0) is 16.9. The number of phenols is 2. The number of fused-ring (bicyclic) bond motifs is 2. The van der Waals surface area contributed by atoms with Crippen LogP contribution in [0, 0.1) is 6.92 Å². The number of carbonyl (C=O) groups is 3. The Morgan fingerprint density at radius 2 is 1.70 bits per heavy atom. The van der Waals surface area contributed by atoms with Crippen molar-refractivity contribution in [3.8, 4) is 11.5 Å². The minimum atomic E-state index is -0.814. The number of carbonyl (C=O) groups excluding carboxylic acids is 3. The predicted octanol–water partition coefficient (Wildman–Crippen LogP) is 1.97. The molecular formula is C17H12O6. The van der Waals surface area contributed by atoms with Crippen molar-refractivity contribution in [3.63, 3.8) is 0 Å². The Bertz CT molecular complexity index is 894. The molecule has 3 rings (SSSR count). The van der Waals surface area contributed by atoms with E-state index >= 15 is 0 Å². The zero-order valence-corrected chi connectivity index (χ0v) is 12.3. The van der Waals surface area contributed by atoms with Gasteiger partial charge in [-0.05, 0) is 24.6 Å². The monoisotopic (exact) mass is 312 g/mol. The fraction of sp³-hybridized carbons (Fsp3) is 0.118. The highest BCUT2D eigenvalue weighted by molar-refractivity contribution is 6.30. The van der Waals surface area contributed by atoms with Crippen molar-refractivity contribution in [2.75, 3.05) is 7.11 Å². The Balaban J connectivity index is 2.37. The number of rotatable bonds is 1. The number of methoxy groups -OCH3 is 1. The van der Waals surface area contributed by atoms with Gasteiger partial charge in [0.15, 0.2) is 11.6 Å². The number of hydrogen-bond donors (Lipinski definition) is 2. The van der Waals surface area contributed by atoms with Crippen LogP contribution in [0.15, 0.2) is 24.3 Å². The standard InChI is InChI=1S/C17H12O6/c1-7-12-9(6-11(19)13(7)17(22)23-2)15(20)8-4-3-5-10(18)14(8)16(12)21/h3-6,18-19H,1-2H3. The lowest BCUT2D eigenvalue weighted by atomic mass is 9.80. The molecule has 0 spiro atoms. The Morgan fingerprint density at radius 1 is 1.00 bits per heavy atom. The molecule has 2 aromatic carbocycles. The first-order valence-corrected chi connectivity index (χ1v) is 6.74. The summed E-state index contributed by atoms with van der Waals surface area (Å²) >= 11 is 0. The van der Waals surface area contributed by atoms with Gasteiger partial charge in [0.1, 0.15) is 17.1 Å². The Kier molecular flexibility index (Phi) is 3.18. The average Bonchev–Trinajstić information content (AvgIpc) is 2.51. The van der Waals surface area contributed by atoms with E-state index in [-0.39, 0.29) is 39.1 Å². The van der Waals surface area contributed by atoms with E-state index in [2.05, 4.69) is 4.74 Å². The van der Waals surface area contributed by atoms with Crippen molar-refractivity contribution >= 4 is 17.5 Å². The fourth-order valence-corrected chi connectivity index (χ4v) is 2.87. The van der Waals surface area contributed by atoms with E-state index in [1.54, 1.807) is 0 Å². The lowest BCUT2D eigenvalue weighted by Gasteiger charge is -2.21. The highest BCUT2D eigenvalue weighted by Crippen LogP contribution is 2.37. The maximum atomic E-state index is 12.7. The molecule has 0 saturated carbocycles. The van der Waals surface area contributed by atoms with Crippen molar-refractivity contribution < 1.29 is 29.3 Å². The number of hydrogen-bond acceptors (Lipinski definition) is 6. The van der Waals surface area contributed by atoms with Gasteiger partial charge in [-0.15, -0.1) is 0 Å². The number of aromatic hydroxyl groups is 2. The van der Waals surface area contributed by atoms with Crippen LogP contribution in [0.2, 0.25) is 0 Å². The minimum absolute atomic E-state index is 0.00393. The topological polar surface area (TPSA) is 101 Å². The third-order valence-electron chi connectivity index (χ3n) is 3.93. The average molecular weight is 312 g/mol. The first-order valence-electron chi connectivity index (χ1n) is 6.74. The Labute approximate surface area is 130 Å². The normalized spacial score (nSPS) is 12.6. The number of ether oxygens (including phenoxy) is 1. The molecule has 0 saturated heterocycles. The molecule has 0 fully saturated rings. The van der Waals surface area contributed by atoms with Gasteiger partial charge in [-0.2, -0.15) is 0 Å². The van der Waals surface area contributed by atoms with E-state index in [1.807, 2.05) is 0 Å². The molecule has 6 nitrogen and oxygen atoms in total. The molecule has 0 radical (unpaired) electrons. The second-order valence-electron chi connectivity index (χ2n) is 5.17. The molecule has 1 aliphatic rings. The van der Waals surface area contributed by atoms with Crippen LogP contribution >= 0.6 is 0 Å². The van der Waals surface area contributed by atoms with Crippen LogP contribution in [0.25, 0.3) is 0 Å². The van der Waals surface area contributed by atoms with Crippen LogP contribution < -0.4 is 0 Å². The third-order valence-corrected chi connectivity index (χ3v) is 3.93. The maximum Gasteiger partial charge on any atom is 0.341 e. The smallest absolute Gasteiger partial charge is 0.341 e. The SMILES string of the molecule is COC(=O)c1c(O)cc2c(c1C)C(=O)c1c(O)cccc1C2=O. The number of esters is 1. The quantitative estimate of drug-likeness (QED) is 0.666. The predicted molar refractivity (Wildman–Crippen MR) is 79.2 cm³/mol. The lowest BCUT2D eigenvalue weighted by Crippen LogP contribution is -2.23. The summed E-state index contributed by atoms with van der Waals surface area (Å²) in [5, 5.41) is 20.0. The van der Waals surface area contributed by atoms with Gasteiger partial charge in [0.25, 0.3) is 0 Å². The maximum absolute atomic E-state index is 12.7. The van der Waals surface area contributed by atoms with E-state index in [0.717, 1.165) is 13.2 Å². The summed E-state index contributed by atoms with van der Waals surface area (Å²) < 4.78 is 4.60. The van der Waals surface area contributed by atoms with Gasteiger partial charge in [0.05, 0.1) is 12.7 Å². The third kappa shape index (κ3) is 1.92. The molecule has 23 heavy (non-hydrogen) atoms. The van der Waals surface area contributed by atoms with Crippen LogP contribution in [-0.4, -0.2) is 34.9 Å². The van der Waals surface area contributed by atoms with E-state index in [9.17, 15) is 24.6 Å². The molecule has 0 aromatic heterocycles. The summed E-state index contributed by atoms with van der Waals surface area (Å²) in [6, 6.07) is 5.28. The summed E-state index contributed by atoms with van der Waals surface area (Å²) in [5.41, 5.74) is -0.0925. The molecule has 116 valence electrons. The number of benzene rings is 2. The van der Waals surface area contributed by atoms with E-state index < -0.39 is 23.3 Å². The fourth-order valence-electron chi connectivity index (χ4n) is 2.87. The molecule has 0 bridgehead atoms. The van der Waals surface area contributed by atoms with E-state index in [1.165, 1.54) is 25.1 Å². The minimum Gasteiger partial charge on any atom is -0.507 e. The van der Waals surface area contributed by atoms with Crippen molar-refractivity contribution in [2.24, 2.45) is 0 Å². The lowest BCUT2D eigenvalue weighted by molar-refractivity contribution is 0.0596. The van der Waals surface area contributed by atoms with Gasteiger partial charge in [0, 0.05) is 16.7 Å². The molecule has 0 atom stereocenters. The van der Waals surface area contributed by atoms with Crippen molar-refractivity contribution in [1.82, 2.24) is 0 Å². The van der Waals surface area contributed by atoms with Gasteiger partial charge in [-0.25, -0.2) is 4.79 Å². The van der Waals surface area contributed by atoms with E-state index in [4.69, 9.17) is 0 Å². The molecule has 2 aromatic rings. The summed E-state index contributed by atoms with van der Waals surface area (Å²) in [4.78, 5) is 37.1. The molecule has 6 heteroatoms. The van der Waals surface area contributed by atoms with Crippen molar-refractivity contribution in [2.45, 2.75) is 6.92 Å². The van der Waals surface area contributed by atoms with Gasteiger partial charge in [-0.3, -0.25) is 9.59 Å². The molecular weight excluding hydrogens is 300 g/mol. The summed E-state index contributed by atoms with van der Waals surface area (Å²) in [6.07, 6.45) is 0. The van der Waals surface area contributed by atoms with Crippen molar-refractivity contribution in [3.05, 3.63) is 57.6 Å². The Hall–Kier alpha value is -3.15. The van der Waals surface area contributed by atoms with Crippen LogP contribution in [0.1, 0.15) is 47.8 Å². The van der Waals surface area contributed by atoms with Gasteiger partial charge in [-0.1, -0.05) is 12.1 Å². The molecule has 0 heterocycles.